The molecule has 0 saturated carbocycles. The molecule has 1 aromatic carbocycles. The molecular formula is C15H19NO3. The predicted octanol–water partition coefficient (Wildman–Crippen LogP) is 2.60. The lowest BCUT2D eigenvalue weighted by molar-refractivity contribution is -0.121. The minimum absolute atomic E-state index is 0.221. The molecule has 0 spiro atoms. The molecule has 0 atom stereocenters. The predicted molar refractivity (Wildman–Crippen MR) is 71.9 cm³/mol. The summed E-state index contributed by atoms with van der Waals surface area (Å²) in [6, 6.07) is 6.09. The molecule has 1 fully saturated rings. The van der Waals surface area contributed by atoms with Crippen LogP contribution >= 0.6 is 0 Å². The molecule has 4 nitrogen and oxygen atoms in total. The number of benzene rings is 1. The summed E-state index contributed by atoms with van der Waals surface area (Å²) >= 11 is 0. The number of amides is 1. The molecule has 4 heteroatoms. The quantitative estimate of drug-likeness (QED) is 0.822. The number of Topliss-reactive ketones (excluding diaryl/α,β-unsaturated/α-hetero) is 1. The average Bonchev–Trinajstić information content (AvgIpc) is 2.40. The second-order valence-electron chi connectivity index (χ2n) is 5.01. The number of carbonyl (C=O) groups is 2. The van der Waals surface area contributed by atoms with Crippen molar-refractivity contribution in [3.05, 3.63) is 34.9 Å². The SMILES string of the molecule is Cc1ccc(C)c(COC(=O)N2CCC(=O)CC2)c1. The maximum Gasteiger partial charge on any atom is 0.410 e. The molecular weight excluding hydrogens is 242 g/mol. The monoisotopic (exact) mass is 261 g/mol. The zero-order valence-corrected chi connectivity index (χ0v) is 11.4. The van der Waals surface area contributed by atoms with Crippen molar-refractivity contribution in [2.75, 3.05) is 13.1 Å². The van der Waals surface area contributed by atoms with Crippen LogP contribution in [0.15, 0.2) is 18.2 Å². The van der Waals surface area contributed by atoms with Crippen LogP contribution in [0.5, 0.6) is 0 Å². The highest BCUT2D eigenvalue weighted by atomic mass is 16.6. The van der Waals surface area contributed by atoms with Crippen molar-refractivity contribution < 1.29 is 14.3 Å². The maximum atomic E-state index is 11.9. The third kappa shape index (κ3) is 3.56. The van der Waals surface area contributed by atoms with E-state index in [4.69, 9.17) is 4.74 Å². The van der Waals surface area contributed by atoms with E-state index in [1.54, 1.807) is 4.90 Å². The molecule has 2 rings (SSSR count). The van der Waals surface area contributed by atoms with Gasteiger partial charge in [0, 0.05) is 25.9 Å². The first-order chi connectivity index (χ1) is 9.06. The molecule has 0 bridgehead atoms. The summed E-state index contributed by atoms with van der Waals surface area (Å²) in [5.74, 6) is 0.221. The lowest BCUT2D eigenvalue weighted by Crippen LogP contribution is -2.38. The Hall–Kier alpha value is -1.84. The smallest absolute Gasteiger partial charge is 0.410 e. The van der Waals surface area contributed by atoms with Crippen molar-refractivity contribution in [3.8, 4) is 0 Å². The van der Waals surface area contributed by atoms with Gasteiger partial charge in [0.1, 0.15) is 12.4 Å². The number of likely N-dealkylation sites (tertiary alicyclic amines) is 1. The molecule has 0 unspecified atom stereocenters. The molecule has 1 amide bonds. The number of nitrogens with zero attached hydrogens (tertiary/aromatic N) is 1. The number of ether oxygens (including phenoxy) is 1. The molecule has 0 N–H and O–H groups in total. The summed E-state index contributed by atoms with van der Waals surface area (Å²) < 4.78 is 5.31. The van der Waals surface area contributed by atoms with Gasteiger partial charge < -0.3 is 9.64 Å². The van der Waals surface area contributed by atoms with Crippen LogP contribution in [0.2, 0.25) is 0 Å². The van der Waals surface area contributed by atoms with Gasteiger partial charge in [-0.25, -0.2) is 4.79 Å². The van der Waals surface area contributed by atoms with Gasteiger partial charge in [-0.05, 0) is 25.0 Å². The molecule has 0 aromatic heterocycles. The summed E-state index contributed by atoms with van der Waals surface area (Å²) in [4.78, 5) is 24.6. The first-order valence-electron chi connectivity index (χ1n) is 6.56. The van der Waals surface area contributed by atoms with Gasteiger partial charge in [-0.3, -0.25) is 4.79 Å². The van der Waals surface area contributed by atoms with E-state index < -0.39 is 0 Å². The molecule has 1 saturated heterocycles. The fourth-order valence-electron chi connectivity index (χ4n) is 2.13. The third-order valence-electron chi connectivity index (χ3n) is 3.44. The van der Waals surface area contributed by atoms with Crippen LogP contribution in [-0.4, -0.2) is 29.9 Å². The minimum Gasteiger partial charge on any atom is -0.445 e. The zero-order valence-electron chi connectivity index (χ0n) is 11.4. The van der Waals surface area contributed by atoms with Crippen molar-refractivity contribution in [2.24, 2.45) is 0 Å². The summed E-state index contributed by atoms with van der Waals surface area (Å²) in [7, 11) is 0. The number of ketones is 1. The molecule has 1 heterocycles. The Bertz CT molecular complexity index is 486. The van der Waals surface area contributed by atoms with Crippen LogP contribution in [0.3, 0.4) is 0 Å². The molecule has 102 valence electrons. The van der Waals surface area contributed by atoms with E-state index >= 15 is 0 Å². The van der Waals surface area contributed by atoms with E-state index in [-0.39, 0.29) is 18.5 Å². The van der Waals surface area contributed by atoms with E-state index in [1.165, 1.54) is 0 Å². The second-order valence-corrected chi connectivity index (χ2v) is 5.01. The first-order valence-corrected chi connectivity index (χ1v) is 6.56. The summed E-state index contributed by atoms with van der Waals surface area (Å²) in [6.45, 7) is 5.26. The summed E-state index contributed by atoms with van der Waals surface area (Å²) in [5, 5.41) is 0. The number of carbonyl (C=O) groups excluding carboxylic acids is 2. The Kier molecular flexibility index (Phi) is 4.20. The number of aryl methyl sites for hydroxylation is 2. The van der Waals surface area contributed by atoms with Crippen molar-refractivity contribution in [3.63, 3.8) is 0 Å². The summed E-state index contributed by atoms with van der Waals surface area (Å²) in [5.41, 5.74) is 3.30. The van der Waals surface area contributed by atoms with Crippen molar-refractivity contribution in [1.29, 1.82) is 0 Å². The van der Waals surface area contributed by atoms with Gasteiger partial charge in [-0.1, -0.05) is 23.8 Å². The standard InChI is InChI=1S/C15H19NO3/c1-11-3-4-12(2)13(9-11)10-19-15(18)16-7-5-14(17)6-8-16/h3-4,9H,5-8,10H2,1-2H3. The van der Waals surface area contributed by atoms with Gasteiger partial charge in [-0.2, -0.15) is 0 Å². The Balaban J connectivity index is 1.89. The Morgan fingerprint density at radius 1 is 1.26 bits per heavy atom. The van der Waals surface area contributed by atoms with Crippen LogP contribution in [0.25, 0.3) is 0 Å². The minimum atomic E-state index is -0.326. The molecule has 0 radical (unpaired) electrons. The average molecular weight is 261 g/mol. The highest BCUT2D eigenvalue weighted by Gasteiger charge is 2.21. The third-order valence-corrected chi connectivity index (χ3v) is 3.44. The molecule has 19 heavy (non-hydrogen) atoms. The van der Waals surface area contributed by atoms with Crippen molar-refractivity contribution in [2.45, 2.75) is 33.3 Å². The Labute approximate surface area is 113 Å². The van der Waals surface area contributed by atoms with Gasteiger partial charge in [0.05, 0.1) is 0 Å². The molecule has 1 aliphatic heterocycles. The second kappa shape index (κ2) is 5.87. The Morgan fingerprint density at radius 3 is 2.63 bits per heavy atom. The fraction of sp³-hybridized carbons (Fsp3) is 0.467. The number of hydrogen-bond donors (Lipinski definition) is 0. The largest absolute Gasteiger partial charge is 0.445 e. The van der Waals surface area contributed by atoms with E-state index in [9.17, 15) is 9.59 Å². The normalized spacial score (nSPS) is 15.5. The topological polar surface area (TPSA) is 46.6 Å². The first kappa shape index (κ1) is 13.6. The highest BCUT2D eigenvalue weighted by molar-refractivity contribution is 5.81. The van der Waals surface area contributed by atoms with Crippen molar-refractivity contribution >= 4 is 11.9 Å². The van der Waals surface area contributed by atoms with Crippen LogP contribution < -0.4 is 0 Å². The molecule has 1 aromatic rings. The zero-order chi connectivity index (χ0) is 13.8. The van der Waals surface area contributed by atoms with Gasteiger partial charge in [-0.15, -0.1) is 0 Å². The van der Waals surface area contributed by atoms with Crippen LogP contribution in [-0.2, 0) is 16.1 Å². The lowest BCUT2D eigenvalue weighted by Gasteiger charge is -2.25. The van der Waals surface area contributed by atoms with Gasteiger partial charge >= 0.3 is 6.09 Å². The fourth-order valence-corrected chi connectivity index (χ4v) is 2.13. The number of rotatable bonds is 2. The van der Waals surface area contributed by atoms with E-state index in [0.717, 1.165) is 16.7 Å². The lowest BCUT2D eigenvalue weighted by atomic mass is 10.1. The van der Waals surface area contributed by atoms with Crippen LogP contribution in [0, 0.1) is 13.8 Å². The molecule has 1 aliphatic rings. The van der Waals surface area contributed by atoms with Crippen LogP contribution in [0.4, 0.5) is 4.79 Å². The number of piperidine rings is 1. The maximum absolute atomic E-state index is 11.9. The van der Waals surface area contributed by atoms with Gasteiger partial charge in [0.25, 0.3) is 0 Å². The van der Waals surface area contributed by atoms with Gasteiger partial charge in [0.15, 0.2) is 0 Å². The summed E-state index contributed by atoms with van der Waals surface area (Å²) in [6.07, 6.45) is 0.561. The highest BCUT2D eigenvalue weighted by Crippen LogP contribution is 2.13. The Morgan fingerprint density at radius 2 is 1.95 bits per heavy atom. The van der Waals surface area contributed by atoms with Crippen molar-refractivity contribution in [1.82, 2.24) is 4.90 Å². The van der Waals surface area contributed by atoms with Gasteiger partial charge in [0.2, 0.25) is 0 Å². The molecule has 0 aliphatic carbocycles. The van der Waals surface area contributed by atoms with Crippen LogP contribution in [0.1, 0.15) is 29.5 Å². The van der Waals surface area contributed by atoms with E-state index in [1.807, 2.05) is 32.0 Å². The number of hydrogen-bond acceptors (Lipinski definition) is 3. The van der Waals surface area contributed by atoms with E-state index in [2.05, 4.69) is 0 Å². The van der Waals surface area contributed by atoms with E-state index in [0.29, 0.717) is 25.9 Å².